The third-order valence-electron chi connectivity index (χ3n) is 1.72. The number of hydrogen-bond acceptors (Lipinski definition) is 3. The van der Waals surface area contributed by atoms with Gasteiger partial charge in [-0.05, 0) is 32.0 Å². The summed E-state index contributed by atoms with van der Waals surface area (Å²) in [6.45, 7) is 0.930. The van der Waals surface area contributed by atoms with Crippen molar-refractivity contribution in [2.75, 3.05) is 20.6 Å². The Kier molecular flexibility index (Phi) is 6.04. The molecule has 1 rings (SSSR count). The smallest absolute Gasteiger partial charge is 0.0894 e. The van der Waals surface area contributed by atoms with E-state index in [0.717, 1.165) is 17.8 Å². The van der Waals surface area contributed by atoms with Crippen molar-refractivity contribution in [3.63, 3.8) is 0 Å². The van der Waals surface area contributed by atoms with E-state index in [0.29, 0.717) is 0 Å². The van der Waals surface area contributed by atoms with Crippen molar-refractivity contribution in [1.29, 1.82) is 0 Å². The summed E-state index contributed by atoms with van der Waals surface area (Å²) in [6, 6.07) is 3.95. The van der Waals surface area contributed by atoms with Crippen LogP contribution in [0.25, 0.3) is 0 Å². The second-order valence-electron chi connectivity index (χ2n) is 3.12. The van der Waals surface area contributed by atoms with Crippen LogP contribution < -0.4 is 0 Å². The van der Waals surface area contributed by atoms with Gasteiger partial charge in [-0.3, -0.25) is 0 Å². The first-order valence-electron chi connectivity index (χ1n) is 4.06. The van der Waals surface area contributed by atoms with Crippen LogP contribution in [0.3, 0.4) is 0 Å². The minimum atomic E-state index is -0.285. The molecule has 0 bridgehead atoms. The zero-order valence-electron chi connectivity index (χ0n) is 7.53. The van der Waals surface area contributed by atoms with Crippen molar-refractivity contribution in [2.45, 2.75) is 12.5 Å². The molecule has 2 nitrogen and oxygen atoms in total. The van der Waals surface area contributed by atoms with E-state index in [-0.39, 0.29) is 14.5 Å². The number of rotatable bonds is 4. The van der Waals surface area contributed by atoms with Gasteiger partial charge in [-0.1, -0.05) is 6.07 Å². The van der Waals surface area contributed by atoms with Crippen LogP contribution in [0, 0.1) is 0 Å². The van der Waals surface area contributed by atoms with E-state index in [1.807, 2.05) is 31.6 Å². The van der Waals surface area contributed by atoms with Gasteiger partial charge in [-0.15, -0.1) is 11.3 Å². The van der Waals surface area contributed by atoms with Gasteiger partial charge in [0.2, 0.25) is 0 Å². The van der Waals surface area contributed by atoms with Crippen LogP contribution in [0.4, 0.5) is 0 Å². The molecule has 4 heteroatoms. The average Bonchev–Trinajstić information content (AvgIpc) is 2.51. The van der Waals surface area contributed by atoms with Crippen molar-refractivity contribution in [2.24, 2.45) is 0 Å². The molecule has 0 unspecified atom stereocenters. The Morgan fingerprint density at radius 3 is 2.69 bits per heavy atom. The molecule has 0 saturated heterocycles. The predicted octanol–water partition coefficient (Wildman–Crippen LogP) is 0.549. The molecule has 1 atom stereocenters. The summed E-state index contributed by atoms with van der Waals surface area (Å²) >= 11 is 1.61. The summed E-state index contributed by atoms with van der Waals surface area (Å²) in [4.78, 5) is 3.15. The standard InChI is InChI=1S/C9H15NOS.BH3/c1-10(2)6-5-8(11)9-4-3-7-12-9;/h3-4,7-8,11H,5-6H2,1-2H3;1H3/t8-;/m0./s1. The van der Waals surface area contributed by atoms with Crippen molar-refractivity contribution in [3.05, 3.63) is 22.4 Å². The van der Waals surface area contributed by atoms with Crippen LogP contribution in [0.5, 0.6) is 0 Å². The first-order chi connectivity index (χ1) is 5.70. The molecule has 0 aromatic carbocycles. The van der Waals surface area contributed by atoms with Gasteiger partial charge >= 0.3 is 0 Å². The monoisotopic (exact) mass is 199 g/mol. The van der Waals surface area contributed by atoms with E-state index in [2.05, 4.69) is 4.90 Å². The van der Waals surface area contributed by atoms with Crippen molar-refractivity contribution in [1.82, 2.24) is 4.90 Å². The van der Waals surface area contributed by atoms with Crippen LogP contribution in [0.1, 0.15) is 17.4 Å². The summed E-state index contributed by atoms with van der Waals surface area (Å²) in [5.74, 6) is 0. The van der Waals surface area contributed by atoms with Crippen LogP contribution in [-0.4, -0.2) is 39.1 Å². The van der Waals surface area contributed by atoms with Crippen molar-refractivity contribution >= 4 is 19.7 Å². The maximum Gasteiger partial charge on any atom is 0.0894 e. The lowest BCUT2D eigenvalue weighted by atomic mass is 10.2. The second kappa shape index (κ2) is 6.19. The van der Waals surface area contributed by atoms with E-state index in [1.165, 1.54) is 0 Å². The Balaban J connectivity index is 0.00000144. The fraction of sp³-hybridized carbons (Fsp3) is 0.556. The molecule has 13 heavy (non-hydrogen) atoms. The normalized spacial score (nSPS) is 12.6. The van der Waals surface area contributed by atoms with Crippen molar-refractivity contribution < 1.29 is 5.11 Å². The maximum absolute atomic E-state index is 9.64. The lowest BCUT2D eigenvalue weighted by molar-refractivity contribution is 0.158. The summed E-state index contributed by atoms with van der Waals surface area (Å²) < 4.78 is 0. The SMILES string of the molecule is B.CN(C)CC[C@H](O)c1cccs1. The van der Waals surface area contributed by atoms with Gasteiger partial charge in [0.05, 0.1) is 14.5 Å². The van der Waals surface area contributed by atoms with Gasteiger partial charge in [0, 0.05) is 11.4 Å². The van der Waals surface area contributed by atoms with Crippen LogP contribution in [0.2, 0.25) is 0 Å². The maximum atomic E-state index is 9.64. The lowest BCUT2D eigenvalue weighted by Gasteiger charge is -2.12. The second-order valence-corrected chi connectivity index (χ2v) is 4.10. The molecule has 0 aliphatic carbocycles. The Hall–Kier alpha value is -0.315. The van der Waals surface area contributed by atoms with Gasteiger partial charge < -0.3 is 10.0 Å². The highest BCUT2D eigenvalue weighted by Gasteiger charge is 2.07. The largest absolute Gasteiger partial charge is 0.388 e. The molecule has 1 heterocycles. The van der Waals surface area contributed by atoms with Gasteiger partial charge in [-0.2, -0.15) is 0 Å². The summed E-state index contributed by atoms with van der Waals surface area (Å²) in [7, 11) is 4.03. The number of hydrogen-bond donors (Lipinski definition) is 1. The molecule has 1 N–H and O–H groups in total. The molecule has 1 aromatic rings. The lowest BCUT2D eigenvalue weighted by Crippen LogP contribution is -2.15. The van der Waals surface area contributed by atoms with Gasteiger partial charge in [0.25, 0.3) is 0 Å². The number of nitrogens with zero attached hydrogens (tertiary/aromatic N) is 1. The highest BCUT2D eigenvalue weighted by molar-refractivity contribution is 7.10. The molecule has 0 aliphatic rings. The Morgan fingerprint density at radius 1 is 1.54 bits per heavy atom. The molecule has 0 radical (unpaired) electrons. The van der Waals surface area contributed by atoms with E-state index in [1.54, 1.807) is 11.3 Å². The van der Waals surface area contributed by atoms with Gasteiger partial charge in [0.1, 0.15) is 0 Å². The first kappa shape index (κ1) is 12.7. The van der Waals surface area contributed by atoms with Gasteiger partial charge in [0.15, 0.2) is 0 Å². The molecule has 0 spiro atoms. The number of aliphatic hydroxyl groups is 1. The molecule has 0 saturated carbocycles. The van der Waals surface area contributed by atoms with Gasteiger partial charge in [-0.25, -0.2) is 0 Å². The number of thiophene rings is 1. The van der Waals surface area contributed by atoms with E-state index < -0.39 is 0 Å². The molecule has 0 amide bonds. The van der Waals surface area contributed by atoms with E-state index in [9.17, 15) is 5.11 Å². The quantitative estimate of drug-likeness (QED) is 0.716. The molecule has 0 fully saturated rings. The van der Waals surface area contributed by atoms with E-state index in [4.69, 9.17) is 0 Å². The Bertz CT molecular complexity index is 213. The molecular formula is C9H18BNOS. The first-order valence-corrected chi connectivity index (χ1v) is 4.94. The molecule has 0 aliphatic heterocycles. The zero-order chi connectivity index (χ0) is 8.97. The highest BCUT2D eigenvalue weighted by Crippen LogP contribution is 2.21. The zero-order valence-corrected chi connectivity index (χ0v) is 8.34. The molecule has 74 valence electrons. The Morgan fingerprint density at radius 2 is 2.23 bits per heavy atom. The Labute approximate surface area is 85.8 Å². The summed E-state index contributed by atoms with van der Waals surface area (Å²) in [6.07, 6.45) is 0.528. The highest BCUT2D eigenvalue weighted by atomic mass is 32.1. The third-order valence-corrected chi connectivity index (χ3v) is 2.69. The fourth-order valence-corrected chi connectivity index (χ4v) is 1.75. The predicted molar refractivity (Wildman–Crippen MR) is 62.4 cm³/mol. The topological polar surface area (TPSA) is 23.5 Å². The van der Waals surface area contributed by atoms with Crippen LogP contribution in [0.15, 0.2) is 17.5 Å². The minimum absolute atomic E-state index is 0. The summed E-state index contributed by atoms with van der Waals surface area (Å²) in [5, 5.41) is 11.6. The minimum Gasteiger partial charge on any atom is -0.388 e. The molecular weight excluding hydrogens is 181 g/mol. The third kappa shape index (κ3) is 4.46. The van der Waals surface area contributed by atoms with E-state index >= 15 is 0 Å². The number of aliphatic hydroxyl groups excluding tert-OH is 1. The van der Waals surface area contributed by atoms with Crippen molar-refractivity contribution in [3.8, 4) is 0 Å². The average molecular weight is 199 g/mol. The molecule has 1 aromatic heterocycles. The fourth-order valence-electron chi connectivity index (χ4n) is 1.00. The summed E-state index contributed by atoms with van der Waals surface area (Å²) in [5.41, 5.74) is 0. The van der Waals surface area contributed by atoms with Crippen LogP contribution in [-0.2, 0) is 0 Å². The van der Waals surface area contributed by atoms with Crippen LogP contribution >= 0.6 is 11.3 Å².